The molecule has 0 aliphatic carbocycles. The molecule has 0 saturated carbocycles. The lowest BCUT2D eigenvalue weighted by Gasteiger charge is -2.17. The smallest absolute Gasteiger partial charge is 0.232 e. The van der Waals surface area contributed by atoms with Crippen LogP contribution < -0.4 is 5.32 Å². The average molecular weight is 581 g/mol. The molecule has 2 N–H and O–H groups in total. The molecule has 1 saturated heterocycles. The molecule has 1 atom stereocenters. The van der Waals surface area contributed by atoms with Gasteiger partial charge in [0.15, 0.2) is 5.78 Å². The van der Waals surface area contributed by atoms with Gasteiger partial charge in [-0.15, -0.1) is 10.2 Å². The Balaban J connectivity index is 1.26. The third-order valence-corrected chi connectivity index (χ3v) is 8.25. The van der Waals surface area contributed by atoms with Crippen molar-refractivity contribution in [3.05, 3.63) is 137 Å². The number of benzene rings is 4. The number of allylic oxidation sites excluding steroid dienone is 1. The van der Waals surface area contributed by atoms with Crippen LogP contribution in [0.1, 0.15) is 66.6 Å². The first-order chi connectivity index (χ1) is 21.6. The average Bonchev–Trinajstić information content (AvgIpc) is 3.70. The highest BCUT2D eigenvalue weighted by atomic mass is 16.2. The zero-order chi connectivity index (χ0) is 30.3. The van der Waals surface area contributed by atoms with Gasteiger partial charge in [0.1, 0.15) is 12.2 Å². The first-order valence-electron chi connectivity index (χ1n) is 15.4. The number of aromatic amines is 1. The van der Waals surface area contributed by atoms with E-state index in [1.54, 1.807) is 12.4 Å². The van der Waals surface area contributed by atoms with Gasteiger partial charge in [0, 0.05) is 5.92 Å². The summed E-state index contributed by atoms with van der Waals surface area (Å²) in [6.45, 7) is 2.24. The standard InChI is InChI=1S/C38H36N4O2/c1-2-3-9-26-20-27(22-32(21-26)28-10-5-4-6-11-28)14-19-34(38-39-25-40-42-38)30-17-15-29(16-18-30)33-13-8-7-12-31(33)23-35-36(43)24-37(44)41-35/h4-8,10-13,15-18,20-23,25,34H,2-3,9,14,19,24H2,1H3,(H,41,44)(H,39,40,42)/b35-23-. The van der Waals surface area contributed by atoms with Crippen molar-refractivity contribution >= 4 is 17.8 Å². The van der Waals surface area contributed by atoms with Crippen LogP contribution in [0.3, 0.4) is 0 Å². The van der Waals surface area contributed by atoms with Crippen LogP contribution in [-0.2, 0) is 22.4 Å². The summed E-state index contributed by atoms with van der Waals surface area (Å²) in [7, 11) is 0. The van der Waals surface area contributed by atoms with E-state index in [0.29, 0.717) is 5.70 Å². The van der Waals surface area contributed by atoms with E-state index in [4.69, 9.17) is 0 Å². The number of hydrogen-bond donors (Lipinski definition) is 2. The molecule has 1 aromatic heterocycles. The van der Waals surface area contributed by atoms with Crippen molar-refractivity contribution in [3.63, 3.8) is 0 Å². The first-order valence-corrected chi connectivity index (χ1v) is 15.4. The van der Waals surface area contributed by atoms with E-state index in [2.05, 4.69) is 100 Å². The zero-order valence-corrected chi connectivity index (χ0v) is 24.9. The van der Waals surface area contributed by atoms with Crippen molar-refractivity contribution in [2.45, 2.75) is 51.4 Å². The van der Waals surface area contributed by atoms with Gasteiger partial charge in [-0.2, -0.15) is 0 Å². The highest BCUT2D eigenvalue weighted by Gasteiger charge is 2.24. The Kier molecular flexibility index (Phi) is 8.87. The Morgan fingerprint density at radius 3 is 2.27 bits per heavy atom. The maximum atomic E-state index is 12.2. The van der Waals surface area contributed by atoms with Gasteiger partial charge in [0.25, 0.3) is 0 Å². The zero-order valence-electron chi connectivity index (χ0n) is 24.9. The van der Waals surface area contributed by atoms with Crippen molar-refractivity contribution in [1.29, 1.82) is 0 Å². The summed E-state index contributed by atoms with van der Waals surface area (Å²) in [5, 5.41) is 11.2. The van der Waals surface area contributed by atoms with Gasteiger partial charge in [-0.05, 0) is 76.3 Å². The van der Waals surface area contributed by atoms with Crippen LogP contribution in [0, 0.1) is 0 Å². The van der Waals surface area contributed by atoms with Crippen LogP contribution in [-0.4, -0.2) is 26.9 Å². The van der Waals surface area contributed by atoms with Gasteiger partial charge >= 0.3 is 0 Å². The van der Waals surface area contributed by atoms with E-state index >= 15 is 0 Å². The number of nitrogens with one attached hydrogen (secondary N) is 2. The molecule has 0 radical (unpaired) electrons. The summed E-state index contributed by atoms with van der Waals surface area (Å²) in [5.74, 6) is 0.464. The fourth-order valence-corrected chi connectivity index (χ4v) is 5.94. The molecule has 6 rings (SSSR count). The maximum Gasteiger partial charge on any atom is 0.232 e. The molecule has 6 heteroatoms. The van der Waals surface area contributed by atoms with Gasteiger partial charge in [-0.3, -0.25) is 9.59 Å². The Bertz CT molecular complexity index is 1770. The number of Topliss-reactive ketones (excluding diaryl/α,β-unsaturated/α-hetero) is 1. The first kappa shape index (κ1) is 29.0. The fourth-order valence-electron chi connectivity index (χ4n) is 5.94. The van der Waals surface area contributed by atoms with Gasteiger partial charge in [-0.1, -0.05) is 110 Å². The number of aryl methyl sites for hydroxylation is 2. The minimum absolute atomic E-state index is 0.0507. The topological polar surface area (TPSA) is 87.7 Å². The molecule has 0 spiro atoms. The van der Waals surface area contributed by atoms with Gasteiger partial charge < -0.3 is 10.3 Å². The van der Waals surface area contributed by atoms with E-state index < -0.39 is 0 Å². The monoisotopic (exact) mass is 580 g/mol. The SMILES string of the molecule is CCCCc1cc(CCC(c2ccc(-c3ccccc3/C=C3\NC(=O)CC3=O)cc2)c2nnc[nH]2)cc(-c2ccccc2)c1. The molecule has 0 bridgehead atoms. The number of amides is 1. The van der Waals surface area contributed by atoms with Crippen molar-refractivity contribution < 1.29 is 9.59 Å². The van der Waals surface area contributed by atoms with Crippen LogP contribution in [0.5, 0.6) is 0 Å². The number of hydrogen-bond acceptors (Lipinski definition) is 4. The second-order valence-corrected chi connectivity index (χ2v) is 11.4. The number of H-pyrrole nitrogens is 1. The summed E-state index contributed by atoms with van der Waals surface area (Å²) < 4.78 is 0. The van der Waals surface area contributed by atoms with E-state index in [-0.39, 0.29) is 24.0 Å². The van der Waals surface area contributed by atoms with Crippen molar-refractivity contribution in [3.8, 4) is 22.3 Å². The van der Waals surface area contributed by atoms with Gasteiger partial charge in [-0.25, -0.2) is 0 Å². The number of unbranched alkanes of at least 4 members (excludes halogenated alkanes) is 1. The molecule has 6 nitrogen and oxygen atoms in total. The predicted molar refractivity (Wildman–Crippen MR) is 175 cm³/mol. The van der Waals surface area contributed by atoms with Crippen molar-refractivity contribution in [2.24, 2.45) is 0 Å². The molecule has 220 valence electrons. The largest absolute Gasteiger partial charge is 0.331 e. The quantitative estimate of drug-likeness (QED) is 0.124. The van der Waals surface area contributed by atoms with E-state index in [1.807, 2.05) is 24.3 Å². The second kappa shape index (κ2) is 13.5. The molecular weight excluding hydrogens is 544 g/mol. The molecule has 1 amide bonds. The van der Waals surface area contributed by atoms with Crippen LogP contribution in [0.15, 0.2) is 109 Å². The Morgan fingerprint density at radius 2 is 1.57 bits per heavy atom. The summed E-state index contributed by atoms with van der Waals surface area (Å²) in [6.07, 6.45) is 8.53. The number of aromatic nitrogens is 3. The third kappa shape index (κ3) is 6.76. The molecule has 4 aromatic carbocycles. The van der Waals surface area contributed by atoms with Gasteiger partial charge in [0.2, 0.25) is 5.91 Å². The minimum atomic E-state index is -0.259. The molecule has 1 fully saturated rings. The van der Waals surface area contributed by atoms with Crippen molar-refractivity contribution in [1.82, 2.24) is 20.5 Å². The van der Waals surface area contributed by atoms with Crippen molar-refractivity contribution in [2.75, 3.05) is 0 Å². The summed E-state index contributed by atoms with van der Waals surface area (Å²) in [5.41, 5.74) is 9.63. The highest BCUT2D eigenvalue weighted by molar-refractivity contribution is 6.17. The Morgan fingerprint density at radius 1 is 0.818 bits per heavy atom. The van der Waals surface area contributed by atoms with Crippen LogP contribution >= 0.6 is 0 Å². The minimum Gasteiger partial charge on any atom is -0.331 e. The molecule has 2 heterocycles. The number of ketones is 1. The lowest BCUT2D eigenvalue weighted by molar-refractivity contribution is -0.121. The number of nitrogens with zero attached hydrogens (tertiary/aromatic N) is 2. The van der Waals surface area contributed by atoms with Gasteiger partial charge in [0.05, 0.1) is 12.1 Å². The second-order valence-electron chi connectivity index (χ2n) is 11.4. The number of rotatable bonds is 11. The number of carbonyl (C=O) groups excluding carboxylic acids is 2. The Hall–Kier alpha value is -5.10. The highest BCUT2D eigenvalue weighted by Crippen LogP contribution is 2.32. The Labute approximate surface area is 258 Å². The predicted octanol–water partition coefficient (Wildman–Crippen LogP) is 7.68. The van der Waals surface area contributed by atoms with E-state index in [9.17, 15) is 9.59 Å². The third-order valence-electron chi connectivity index (χ3n) is 8.25. The number of carbonyl (C=O) groups is 2. The van der Waals surface area contributed by atoms with Crippen LogP contribution in [0.4, 0.5) is 0 Å². The molecule has 44 heavy (non-hydrogen) atoms. The van der Waals surface area contributed by atoms with Crippen LogP contribution in [0.25, 0.3) is 28.3 Å². The fraction of sp³-hybridized carbons (Fsp3) is 0.211. The lowest BCUT2D eigenvalue weighted by Crippen LogP contribution is -2.12. The van der Waals surface area contributed by atoms with E-state index in [0.717, 1.165) is 47.3 Å². The lowest BCUT2D eigenvalue weighted by atomic mass is 9.88. The maximum absolute atomic E-state index is 12.2. The molecule has 1 aliphatic rings. The normalized spacial score (nSPS) is 14.6. The summed E-state index contributed by atoms with van der Waals surface area (Å²) in [4.78, 5) is 27.2. The summed E-state index contributed by atoms with van der Waals surface area (Å²) in [6, 6.07) is 34.1. The molecule has 1 unspecified atom stereocenters. The molecular formula is C38H36N4O2. The molecule has 5 aromatic rings. The molecule has 1 aliphatic heterocycles. The van der Waals surface area contributed by atoms with Crippen LogP contribution in [0.2, 0.25) is 0 Å². The summed E-state index contributed by atoms with van der Waals surface area (Å²) >= 11 is 0. The van der Waals surface area contributed by atoms with E-state index in [1.165, 1.54) is 35.1 Å².